The molecular formula is C22H12F3NO4S2. The van der Waals surface area contributed by atoms with Crippen LogP contribution in [0.4, 0.5) is 18.9 Å². The number of anilines is 1. The number of thioether (sulfide) groups is 1. The van der Waals surface area contributed by atoms with Gasteiger partial charge in [0, 0.05) is 11.6 Å². The lowest BCUT2D eigenvalue weighted by atomic mass is 10.1. The molecule has 4 rings (SSSR count). The Morgan fingerprint density at radius 2 is 1.81 bits per heavy atom. The monoisotopic (exact) mass is 475 g/mol. The number of carboxylic acid groups (broad SMARTS) is 1. The van der Waals surface area contributed by atoms with Crippen LogP contribution in [0.3, 0.4) is 0 Å². The molecule has 0 unspecified atom stereocenters. The highest BCUT2D eigenvalue weighted by Gasteiger charge is 2.34. The van der Waals surface area contributed by atoms with E-state index < -0.39 is 23.6 Å². The van der Waals surface area contributed by atoms with Crippen LogP contribution in [0.2, 0.25) is 0 Å². The summed E-state index contributed by atoms with van der Waals surface area (Å²) in [6.45, 7) is 0. The Bertz CT molecular complexity index is 1260. The van der Waals surface area contributed by atoms with Gasteiger partial charge < -0.3 is 9.52 Å². The zero-order chi connectivity index (χ0) is 23.0. The number of nitrogens with zero attached hydrogens (tertiary/aromatic N) is 1. The van der Waals surface area contributed by atoms with Crippen molar-refractivity contribution in [1.29, 1.82) is 0 Å². The summed E-state index contributed by atoms with van der Waals surface area (Å²) in [5.41, 5.74) is -0.0364. The molecule has 32 heavy (non-hydrogen) atoms. The number of hydrogen-bond acceptors (Lipinski definition) is 5. The van der Waals surface area contributed by atoms with Gasteiger partial charge in [0.05, 0.1) is 21.7 Å². The van der Waals surface area contributed by atoms with Crippen molar-refractivity contribution in [2.24, 2.45) is 0 Å². The van der Waals surface area contributed by atoms with Crippen LogP contribution in [-0.4, -0.2) is 21.3 Å². The van der Waals surface area contributed by atoms with E-state index in [2.05, 4.69) is 0 Å². The van der Waals surface area contributed by atoms with Gasteiger partial charge in [0.25, 0.3) is 5.91 Å². The first-order valence-electron chi connectivity index (χ1n) is 9.02. The Kier molecular flexibility index (Phi) is 5.66. The molecule has 1 N–H and O–H groups in total. The summed E-state index contributed by atoms with van der Waals surface area (Å²) in [6, 6.07) is 13.5. The predicted molar refractivity (Wildman–Crippen MR) is 118 cm³/mol. The molecular weight excluding hydrogens is 463 g/mol. The van der Waals surface area contributed by atoms with E-state index >= 15 is 0 Å². The highest BCUT2D eigenvalue weighted by molar-refractivity contribution is 8.27. The Labute approximate surface area is 189 Å². The number of alkyl halides is 3. The molecule has 1 saturated heterocycles. The number of carbonyl (C=O) groups excluding carboxylic acids is 1. The molecule has 5 nitrogen and oxygen atoms in total. The predicted octanol–water partition coefficient (Wildman–Crippen LogP) is 6.07. The number of benzene rings is 2. The highest BCUT2D eigenvalue weighted by atomic mass is 32.2. The van der Waals surface area contributed by atoms with Gasteiger partial charge in [-0.25, -0.2) is 4.79 Å². The summed E-state index contributed by atoms with van der Waals surface area (Å²) >= 11 is 6.32. The molecule has 3 aromatic rings. The van der Waals surface area contributed by atoms with Gasteiger partial charge in [-0.05, 0) is 48.5 Å². The fraction of sp³-hybridized carbons (Fsp3) is 0.0455. The van der Waals surface area contributed by atoms with Gasteiger partial charge in [-0.2, -0.15) is 13.2 Å². The first kappa shape index (κ1) is 21.8. The molecule has 1 aliphatic rings. The summed E-state index contributed by atoms with van der Waals surface area (Å²) in [5, 5.41) is 9.00. The average Bonchev–Trinajstić information content (AvgIpc) is 3.32. The van der Waals surface area contributed by atoms with Crippen molar-refractivity contribution in [1.82, 2.24) is 0 Å². The van der Waals surface area contributed by atoms with Crippen molar-refractivity contribution < 1.29 is 32.3 Å². The number of carboxylic acids is 1. The summed E-state index contributed by atoms with van der Waals surface area (Å²) < 4.78 is 44.7. The molecule has 0 aliphatic carbocycles. The number of thiocarbonyl (C=S) groups is 1. The van der Waals surface area contributed by atoms with Gasteiger partial charge in [-0.1, -0.05) is 36.1 Å². The molecule has 2 aromatic carbocycles. The Balaban J connectivity index is 1.58. The van der Waals surface area contributed by atoms with Crippen LogP contribution < -0.4 is 4.90 Å². The third-order valence-electron chi connectivity index (χ3n) is 4.54. The van der Waals surface area contributed by atoms with Gasteiger partial charge in [-0.3, -0.25) is 9.69 Å². The van der Waals surface area contributed by atoms with Gasteiger partial charge >= 0.3 is 12.1 Å². The van der Waals surface area contributed by atoms with E-state index in [1.54, 1.807) is 6.07 Å². The van der Waals surface area contributed by atoms with E-state index in [0.717, 1.165) is 23.9 Å². The second-order valence-corrected chi connectivity index (χ2v) is 8.33. The van der Waals surface area contributed by atoms with E-state index in [9.17, 15) is 22.8 Å². The summed E-state index contributed by atoms with van der Waals surface area (Å²) in [4.78, 5) is 25.4. The first-order chi connectivity index (χ1) is 15.1. The van der Waals surface area contributed by atoms with Crippen LogP contribution >= 0.6 is 24.0 Å². The van der Waals surface area contributed by atoms with Crippen molar-refractivity contribution in [3.8, 4) is 11.3 Å². The fourth-order valence-electron chi connectivity index (χ4n) is 3.01. The molecule has 1 fully saturated rings. The lowest BCUT2D eigenvalue weighted by Gasteiger charge is -2.14. The molecule has 1 amide bonds. The van der Waals surface area contributed by atoms with Crippen LogP contribution in [0.5, 0.6) is 0 Å². The maximum absolute atomic E-state index is 13.0. The topological polar surface area (TPSA) is 70.8 Å². The molecule has 2 heterocycles. The first-order valence-corrected chi connectivity index (χ1v) is 10.2. The zero-order valence-electron chi connectivity index (χ0n) is 15.9. The maximum atomic E-state index is 13.0. The quantitative estimate of drug-likeness (QED) is 0.365. The Morgan fingerprint density at radius 3 is 2.47 bits per heavy atom. The number of halogens is 3. The van der Waals surface area contributed by atoms with Crippen molar-refractivity contribution >= 4 is 51.9 Å². The maximum Gasteiger partial charge on any atom is 0.416 e. The van der Waals surface area contributed by atoms with Crippen molar-refractivity contribution in [2.45, 2.75) is 6.18 Å². The molecule has 0 radical (unpaired) electrons. The third kappa shape index (κ3) is 4.32. The summed E-state index contributed by atoms with van der Waals surface area (Å²) in [5.74, 6) is -1.00. The van der Waals surface area contributed by atoms with Crippen LogP contribution in [0.25, 0.3) is 17.4 Å². The number of hydrogen-bond donors (Lipinski definition) is 1. The number of aromatic carboxylic acids is 1. The van der Waals surface area contributed by atoms with Gasteiger partial charge in [0.15, 0.2) is 4.32 Å². The molecule has 1 aliphatic heterocycles. The minimum atomic E-state index is -4.47. The van der Waals surface area contributed by atoms with E-state index in [-0.39, 0.29) is 31.9 Å². The molecule has 162 valence electrons. The van der Waals surface area contributed by atoms with Gasteiger partial charge in [-0.15, -0.1) is 0 Å². The molecule has 0 spiro atoms. The van der Waals surface area contributed by atoms with Gasteiger partial charge in [0.1, 0.15) is 11.5 Å². The van der Waals surface area contributed by atoms with Crippen molar-refractivity contribution in [3.63, 3.8) is 0 Å². The standard InChI is InChI=1S/C22H12F3NO4S2/c23-22(24,25)14-3-1-2-13(10-14)17-9-8-16(30-17)11-18-19(27)26(21(31)32-18)15-6-4-12(5-7-15)20(28)29/h1-11H,(H,28,29)/b18-11+. The SMILES string of the molecule is O=C(O)c1ccc(N2C(=O)/C(=C\c3ccc(-c4cccc(C(F)(F)F)c4)o3)SC2=S)cc1. The normalized spacial score (nSPS) is 15.6. The lowest BCUT2D eigenvalue weighted by Crippen LogP contribution is -2.27. The second-order valence-electron chi connectivity index (χ2n) is 6.65. The van der Waals surface area contributed by atoms with E-state index in [1.165, 1.54) is 53.4 Å². The summed E-state index contributed by atoms with van der Waals surface area (Å²) in [7, 11) is 0. The van der Waals surface area contributed by atoms with Gasteiger partial charge in [0.2, 0.25) is 0 Å². The fourth-order valence-corrected chi connectivity index (χ4v) is 4.29. The molecule has 0 bridgehead atoms. The minimum absolute atomic E-state index is 0.0763. The summed E-state index contributed by atoms with van der Waals surface area (Å²) in [6.07, 6.45) is -3.01. The average molecular weight is 475 g/mol. The molecule has 0 atom stereocenters. The van der Waals surface area contributed by atoms with E-state index in [4.69, 9.17) is 21.7 Å². The number of carbonyl (C=O) groups is 2. The number of rotatable bonds is 4. The lowest BCUT2D eigenvalue weighted by molar-refractivity contribution is -0.137. The zero-order valence-corrected chi connectivity index (χ0v) is 17.6. The number of furan rings is 1. The van der Waals surface area contributed by atoms with Crippen molar-refractivity contribution in [3.05, 3.63) is 82.5 Å². The number of amides is 1. The Hall–Kier alpha value is -3.37. The van der Waals surface area contributed by atoms with E-state index in [1.807, 2.05) is 0 Å². The van der Waals surface area contributed by atoms with Crippen LogP contribution in [0, 0.1) is 0 Å². The minimum Gasteiger partial charge on any atom is -0.478 e. The third-order valence-corrected chi connectivity index (χ3v) is 5.84. The largest absolute Gasteiger partial charge is 0.478 e. The second kappa shape index (κ2) is 8.29. The molecule has 10 heteroatoms. The highest BCUT2D eigenvalue weighted by Crippen LogP contribution is 2.37. The van der Waals surface area contributed by atoms with Crippen LogP contribution in [0.1, 0.15) is 21.7 Å². The molecule has 1 aromatic heterocycles. The molecule has 0 saturated carbocycles. The van der Waals surface area contributed by atoms with Crippen LogP contribution in [-0.2, 0) is 11.0 Å². The smallest absolute Gasteiger partial charge is 0.416 e. The Morgan fingerprint density at radius 1 is 1.09 bits per heavy atom. The van der Waals surface area contributed by atoms with E-state index in [0.29, 0.717) is 5.69 Å². The van der Waals surface area contributed by atoms with Crippen LogP contribution in [0.15, 0.2) is 70.0 Å². The van der Waals surface area contributed by atoms with Crippen molar-refractivity contribution in [2.75, 3.05) is 4.90 Å².